The number of hydrogen-bond donors (Lipinski definition) is 2. The van der Waals surface area contributed by atoms with Crippen LogP contribution in [0.2, 0.25) is 0 Å². The van der Waals surface area contributed by atoms with Gasteiger partial charge in [-0.15, -0.1) is 0 Å². The zero-order valence-corrected chi connectivity index (χ0v) is 7.55. The molecule has 0 bridgehead atoms. The third kappa shape index (κ3) is 1.67. The van der Waals surface area contributed by atoms with Gasteiger partial charge in [0.25, 0.3) is 0 Å². The van der Waals surface area contributed by atoms with Crippen molar-refractivity contribution >= 4 is 5.97 Å². The zero-order chi connectivity index (χ0) is 9.19. The van der Waals surface area contributed by atoms with Crippen molar-refractivity contribution in [3.63, 3.8) is 0 Å². The summed E-state index contributed by atoms with van der Waals surface area (Å²) in [5, 5.41) is 12.1. The molecule has 0 fully saturated rings. The normalized spacial score (nSPS) is 18.7. The van der Waals surface area contributed by atoms with Crippen LogP contribution in [0.4, 0.5) is 0 Å². The molecule has 3 nitrogen and oxygen atoms in total. The third-order valence-electron chi connectivity index (χ3n) is 2.36. The monoisotopic (exact) mass is 169 g/mol. The highest BCUT2D eigenvalue weighted by Gasteiger charge is 2.31. The molecular weight excluding hydrogens is 154 g/mol. The maximum Gasteiger partial charge on any atom is 0.313 e. The Hall–Kier alpha value is -0.830. The molecule has 0 aromatic heterocycles. The highest BCUT2D eigenvalue weighted by atomic mass is 16.4. The van der Waals surface area contributed by atoms with Crippen LogP contribution in [0.5, 0.6) is 0 Å². The van der Waals surface area contributed by atoms with E-state index >= 15 is 0 Å². The summed E-state index contributed by atoms with van der Waals surface area (Å²) in [6.45, 7) is 5.15. The van der Waals surface area contributed by atoms with Gasteiger partial charge in [0.05, 0.1) is 5.41 Å². The van der Waals surface area contributed by atoms with E-state index in [1.807, 2.05) is 6.08 Å². The lowest BCUT2D eigenvalue weighted by Gasteiger charge is -2.26. The topological polar surface area (TPSA) is 49.3 Å². The first-order chi connectivity index (χ1) is 5.55. The number of nitrogens with one attached hydrogen (secondary N) is 1. The van der Waals surface area contributed by atoms with E-state index in [0.717, 1.165) is 18.5 Å². The second kappa shape index (κ2) is 3.27. The van der Waals surface area contributed by atoms with Crippen LogP contribution in [0.15, 0.2) is 11.6 Å². The fourth-order valence-corrected chi connectivity index (χ4v) is 1.26. The molecule has 0 saturated carbocycles. The maximum absolute atomic E-state index is 10.9. The molecule has 1 aliphatic rings. The molecule has 0 aromatic carbocycles. The van der Waals surface area contributed by atoms with E-state index in [2.05, 4.69) is 5.32 Å². The van der Waals surface area contributed by atoms with Gasteiger partial charge in [0.15, 0.2) is 0 Å². The summed E-state index contributed by atoms with van der Waals surface area (Å²) in [7, 11) is 0. The van der Waals surface area contributed by atoms with E-state index in [-0.39, 0.29) is 0 Å². The van der Waals surface area contributed by atoms with Gasteiger partial charge in [-0.3, -0.25) is 4.79 Å². The molecule has 12 heavy (non-hydrogen) atoms. The number of carbonyl (C=O) groups is 1. The quantitative estimate of drug-likeness (QED) is 0.607. The lowest BCUT2D eigenvalue weighted by atomic mass is 9.82. The van der Waals surface area contributed by atoms with Crippen LogP contribution in [0.25, 0.3) is 0 Å². The molecule has 0 aliphatic carbocycles. The van der Waals surface area contributed by atoms with Crippen molar-refractivity contribution in [1.82, 2.24) is 5.32 Å². The van der Waals surface area contributed by atoms with Gasteiger partial charge < -0.3 is 10.4 Å². The molecule has 3 heteroatoms. The summed E-state index contributed by atoms with van der Waals surface area (Å²) in [4.78, 5) is 10.9. The Morgan fingerprint density at radius 2 is 2.33 bits per heavy atom. The molecule has 0 spiro atoms. The Morgan fingerprint density at radius 1 is 1.67 bits per heavy atom. The minimum Gasteiger partial charge on any atom is -0.481 e. The predicted octanol–water partition coefficient (Wildman–Crippen LogP) is 1.02. The standard InChI is InChI=1S/C9H15NO2/c1-9(2,8(11)12)7-4-3-5-10-6-7/h4,10H,3,5-6H2,1-2H3,(H,11,12). The van der Waals surface area contributed by atoms with Crippen molar-refractivity contribution in [3.05, 3.63) is 11.6 Å². The molecule has 1 aliphatic heterocycles. The summed E-state index contributed by atoms with van der Waals surface area (Å²) in [5.41, 5.74) is 0.272. The lowest BCUT2D eigenvalue weighted by Crippen LogP contribution is -2.34. The largest absolute Gasteiger partial charge is 0.481 e. The summed E-state index contributed by atoms with van der Waals surface area (Å²) in [6, 6.07) is 0. The van der Waals surface area contributed by atoms with E-state index in [9.17, 15) is 4.79 Å². The molecule has 2 N–H and O–H groups in total. The van der Waals surface area contributed by atoms with Crippen molar-refractivity contribution in [1.29, 1.82) is 0 Å². The maximum atomic E-state index is 10.9. The molecule has 0 unspecified atom stereocenters. The van der Waals surface area contributed by atoms with Gasteiger partial charge in [-0.2, -0.15) is 0 Å². The molecule has 1 heterocycles. The van der Waals surface area contributed by atoms with Crippen LogP contribution in [0, 0.1) is 5.41 Å². The van der Waals surface area contributed by atoms with Crippen LogP contribution in [0.1, 0.15) is 20.3 Å². The van der Waals surface area contributed by atoms with Crippen molar-refractivity contribution < 1.29 is 9.90 Å². The summed E-state index contributed by atoms with van der Waals surface area (Å²) >= 11 is 0. The minimum atomic E-state index is -0.752. The molecule has 0 saturated heterocycles. The molecule has 0 radical (unpaired) electrons. The minimum absolute atomic E-state index is 0.708. The summed E-state index contributed by atoms with van der Waals surface area (Å²) in [6.07, 6.45) is 2.97. The fourth-order valence-electron chi connectivity index (χ4n) is 1.26. The van der Waals surface area contributed by atoms with Gasteiger partial charge in [-0.25, -0.2) is 0 Å². The average molecular weight is 169 g/mol. The Bertz CT molecular complexity index is 219. The Kier molecular flexibility index (Phi) is 2.52. The molecule has 1 rings (SSSR count). The van der Waals surface area contributed by atoms with Crippen LogP contribution < -0.4 is 5.32 Å². The molecule has 0 aromatic rings. The number of carboxylic acid groups (broad SMARTS) is 1. The second-order valence-electron chi connectivity index (χ2n) is 3.62. The van der Waals surface area contributed by atoms with E-state index in [1.165, 1.54) is 0 Å². The van der Waals surface area contributed by atoms with Gasteiger partial charge >= 0.3 is 5.97 Å². The number of aliphatic carboxylic acids is 1. The van der Waals surface area contributed by atoms with E-state index in [0.29, 0.717) is 6.54 Å². The van der Waals surface area contributed by atoms with Crippen LogP contribution in [-0.4, -0.2) is 24.2 Å². The Labute approximate surface area is 72.5 Å². The molecule has 0 amide bonds. The first-order valence-electron chi connectivity index (χ1n) is 4.19. The van der Waals surface area contributed by atoms with Crippen molar-refractivity contribution in [2.24, 2.45) is 5.41 Å². The van der Waals surface area contributed by atoms with Gasteiger partial charge in [-0.1, -0.05) is 6.08 Å². The van der Waals surface area contributed by atoms with E-state index in [4.69, 9.17) is 5.11 Å². The Morgan fingerprint density at radius 3 is 2.75 bits per heavy atom. The number of carboxylic acids is 1. The molecular formula is C9H15NO2. The number of hydrogen-bond acceptors (Lipinski definition) is 2. The van der Waals surface area contributed by atoms with E-state index < -0.39 is 11.4 Å². The highest BCUT2D eigenvalue weighted by molar-refractivity contribution is 5.77. The second-order valence-corrected chi connectivity index (χ2v) is 3.62. The third-order valence-corrected chi connectivity index (χ3v) is 2.36. The highest BCUT2D eigenvalue weighted by Crippen LogP contribution is 2.27. The molecule has 68 valence electrons. The van der Waals surface area contributed by atoms with Gasteiger partial charge in [-0.05, 0) is 32.4 Å². The fraction of sp³-hybridized carbons (Fsp3) is 0.667. The van der Waals surface area contributed by atoms with Gasteiger partial charge in [0.2, 0.25) is 0 Å². The van der Waals surface area contributed by atoms with Crippen molar-refractivity contribution in [2.45, 2.75) is 20.3 Å². The van der Waals surface area contributed by atoms with Crippen LogP contribution in [-0.2, 0) is 4.79 Å². The first-order valence-corrected chi connectivity index (χ1v) is 4.19. The average Bonchev–Trinajstić information content (AvgIpc) is 2.06. The SMILES string of the molecule is CC(C)(C(=O)O)C1=CCCNC1. The van der Waals surface area contributed by atoms with E-state index in [1.54, 1.807) is 13.8 Å². The van der Waals surface area contributed by atoms with Crippen molar-refractivity contribution in [2.75, 3.05) is 13.1 Å². The summed E-state index contributed by atoms with van der Waals surface area (Å²) < 4.78 is 0. The lowest BCUT2D eigenvalue weighted by molar-refractivity contribution is -0.144. The molecule has 0 atom stereocenters. The Balaban J connectivity index is 2.79. The zero-order valence-electron chi connectivity index (χ0n) is 7.55. The number of rotatable bonds is 2. The van der Waals surface area contributed by atoms with Gasteiger partial charge in [0, 0.05) is 6.54 Å². The predicted molar refractivity (Wildman–Crippen MR) is 47.0 cm³/mol. The van der Waals surface area contributed by atoms with Gasteiger partial charge in [0.1, 0.15) is 0 Å². The smallest absolute Gasteiger partial charge is 0.313 e. The first kappa shape index (κ1) is 9.26. The van der Waals surface area contributed by atoms with Crippen LogP contribution in [0.3, 0.4) is 0 Å². The van der Waals surface area contributed by atoms with Crippen LogP contribution >= 0.6 is 0 Å². The van der Waals surface area contributed by atoms with Crippen molar-refractivity contribution in [3.8, 4) is 0 Å². The summed E-state index contributed by atoms with van der Waals surface area (Å²) in [5.74, 6) is -0.752.